The molecule has 0 fully saturated rings. The average Bonchev–Trinajstić information content (AvgIpc) is 2.95. The van der Waals surface area contributed by atoms with Gasteiger partial charge in [0, 0.05) is 18.3 Å². The number of rotatable bonds is 5. The Hall–Kier alpha value is -2.60. The van der Waals surface area contributed by atoms with Gasteiger partial charge in [-0.1, -0.05) is 54.2 Å². The van der Waals surface area contributed by atoms with E-state index in [0.29, 0.717) is 0 Å². The molecule has 0 atom stereocenters. The number of nitrogens with zero attached hydrogens (tertiary/aromatic N) is 3. The van der Waals surface area contributed by atoms with Gasteiger partial charge in [-0.2, -0.15) is 0 Å². The monoisotopic (exact) mass is 338 g/mol. The Labute approximate surface area is 145 Å². The molecule has 3 aromatic rings. The molecule has 3 rings (SSSR count). The molecule has 6 heteroatoms. The van der Waals surface area contributed by atoms with Crippen LogP contribution in [-0.4, -0.2) is 26.4 Å². The van der Waals surface area contributed by atoms with Crippen LogP contribution in [0.15, 0.2) is 59.8 Å². The van der Waals surface area contributed by atoms with Gasteiger partial charge in [-0.25, -0.2) is 0 Å². The van der Waals surface area contributed by atoms with Crippen molar-refractivity contribution >= 4 is 23.4 Å². The van der Waals surface area contributed by atoms with Crippen LogP contribution in [0.4, 0.5) is 5.69 Å². The van der Waals surface area contributed by atoms with E-state index in [1.165, 1.54) is 11.8 Å². The second-order valence-corrected chi connectivity index (χ2v) is 6.33. The van der Waals surface area contributed by atoms with E-state index in [1.54, 1.807) is 0 Å². The zero-order valence-corrected chi connectivity index (χ0v) is 14.4. The highest BCUT2D eigenvalue weighted by atomic mass is 32.2. The van der Waals surface area contributed by atoms with Gasteiger partial charge in [0.15, 0.2) is 11.0 Å². The summed E-state index contributed by atoms with van der Waals surface area (Å²) in [5, 5.41) is 12.1. The standard InChI is InChI=1S/C18H18N4OS/c1-13-8-6-7-11-15(13)17-20-21-18(22(17)2)24-12-16(23)19-14-9-4-3-5-10-14/h3-11H,12H2,1-2H3,(H,19,23). The molecule has 0 aliphatic carbocycles. The number of anilines is 1. The molecule has 0 aliphatic heterocycles. The number of aryl methyl sites for hydroxylation is 1. The molecule has 1 N–H and O–H groups in total. The van der Waals surface area contributed by atoms with Gasteiger partial charge in [0.05, 0.1) is 5.75 Å². The minimum atomic E-state index is -0.0633. The van der Waals surface area contributed by atoms with Crippen molar-refractivity contribution in [3.05, 3.63) is 60.2 Å². The first kappa shape index (κ1) is 16.3. The largest absolute Gasteiger partial charge is 0.325 e. The van der Waals surface area contributed by atoms with Gasteiger partial charge in [0.2, 0.25) is 5.91 Å². The van der Waals surface area contributed by atoms with Crippen LogP contribution < -0.4 is 5.32 Å². The van der Waals surface area contributed by atoms with Crippen molar-refractivity contribution in [3.63, 3.8) is 0 Å². The van der Waals surface area contributed by atoms with Crippen molar-refractivity contribution in [3.8, 4) is 11.4 Å². The van der Waals surface area contributed by atoms with Crippen molar-refractivity contribution in [2.24, 2.45) is 7.05 Å². The Kier molecular flexibility index (Phi) is 4.96. The number of hydrogen-bond donors (Lipinski definition) is 1. The number of hydrogen-bond acceptors (Lipinski definition) is 4. The van der Waals surface area contributed by atoms with Crippen LogP contribution in [-0.2, 0) is 11.8 Å². The Morgan fingerprint density at radius 3 is 2.54 bits per heavy atom. The highest BCUT2D eigenvalue weighted by molar-refractivity contribution is 7.99. The van der Waals surface area contributed by atoms with Crippen molar-refractivity contribution in [1.82, 2.24) is 14.8 Å². The van der Waals surface area contributed by atoms with Gasteiger partial charge in [0.1, 0.15) is 0 Å². The summed E-state index contributed by atoms with van der Waals surface area (Å²) in [4.78, 5) is 12.0. The average molecular weight is 338 g/mol. The number of carbonyl (C=O) groups is 1. The van der Waals surface area contributed by atoms with Gasteiger partial charge in [-0.3, -0.25) is 4.79 Å². The third-order valence-corrected chi connectivity index (χ3v) is 4.63. The Morgan fingerprint density at radius 2 is 1.79 bits per heavy atom. The van der Waals surface area contributed by atoms with Crippen LogP contribution in [0.1, 0.15) is 5.56 Å². The number of aromatic nitrogens is 3. The third kappa shape index (κ3) is 3.65. The van der Waals surface area contributed by atoms with Gasteiger partial charge in [-0.05, 0) is 24.6 Å². The molecule has 5 nitrogen and oxygen atoms in total. The molecule has 0 radical (unpaired) electrons. The van der Waals surface area contributed by atoms with E-state index in [1.807, 2.05) is 73.1 Å². The summed E-state index contributed by atoms with van der Waals surface area (Å²) in [5.41, 5.74) is 2.99. The van der Waals surface area contributed by atoms with Gasteiger partial charge < -0.3 is 9.88 Å². The topological polar surface area (TPSA) is 59.8 Å². The summed E-state index contributed by atoms with van der Waals surface area (Å²) in [6, 6.07) is 17.5. The molecule has 0 saturated heterocycles. The second-order valence-electron chi connectivity index (χ2n) is 5.38. The van der Waals surface area contributed by atoms with E-state index in [0.717, 1.165) is 27.8 Å². The fraction of sp³-hybridized carbons (Fsp3) is 0.167. The second kappa shape index (κ2) is 7.31. The summed E-state index contributed by atoms with van der Waals surface area (Å²) in [5.74, 6) is 1.03. The zero-order valence-electron chi connectivity index (χ0n) is 13.6. The fourth-order valence-corrected chi connectivity index (χ4v) is 3.06. The molecule has 24 heavy (non-hydrogen) atoms. The lowest BCUT2D eigenvalue weighted by Gasteiger charge is -2.07. The lowest BCUT2D eigenvalue weighted by atomic mass is 10.1. The maximum absolute atomic E-state index is 12.0. The van der Waals surface area contributed by atoms with E-state index >= 15 is 0 Å². The van der Waals surface area contributed by atoms with Gasteiger partial charge >= 0.3 is 0 Å². The minimum absolute atomic E-state index is 0.0633. The normalized spacial score (nSPS) is 10.6. The molecule has 1 heterocycles. The van der Waals surface area contributed by atoms with E-state index in [9.17, 15) is 4.79 Å². The van der Waals surface area contributed by atoms with Crippen molar-refractivity contribution in [1.29, 1.82) is 0 Å². The highest BCUT2D eigenvalue weighted by Gasteiger charge is 2.14. The molecular weight excluding hydrogens is 320 g/mol. The van der Waals surface area contributed by atoms with E-state index in [4.69, 9.17) is 0 Å². The number of nitrogens with one attached hydrogen (secondary N) is 1. The lowest BCUT2D eigenvalue weighted by molar-refractivity contribution is -0.113. The molecule has 0 saturated carbocycles. The predicted molar refractivity (Wildman–Crippen MR) is 97.0 cm³/mol. The maximum Gasteiger partial charge on any atom is 0.234 e. The van der Waals surface area contributed by atoms with E-state index < -0.39 is 0 Å². The smallest absolute Gasteiger partial charge is 0.234 e. The zero-order chi connectivity index (χ0) is 16.9. The minimum Gasteiger partial charge on any atom is -0.325 e. The molecule has 2 aromatic carbocycles. The Bertz CT molecular complexity index is 845. The van der Waals surface area contributed by atoms with Crippen LogP contribution >= 0.6 is 11.8 Å². The number of para-hydroxylation sites is 1. The molecule has 122 valence electrons. The van der Waals surface area contributed by atoms with Crippen molar-refractivity contribution in [2.75, 3.05) is 11.1 Å². The first-order valence-corrected chi connectivity index (χ1v) is 8.57. The summed E-state index contributed by atoms with van der Waals surface area (Å²) in [6.45, 7) is 2.05. The highest BCUT2D eigenvalue weighted by Crippen LogP contribution is 2.25. The van der Waals surface area contributed by atoms with Gasteiger partial charge in [0.25, 0.3) is 0 Å². The van der Waals surface area contributed by atoms with Crippen LogP contribution in [0, 0.1) is 6.92 Å². The maximum atomic E-state index is 12.0. The number of benzene rings is 2. The number of thioether (sulfide) groups is 1. The van der Waals surface area contributed by atoms with Crippen molar-refractivity contribution in [2.45, 2.75) is 12.1 Å². The summed E-state index contributed by atoms with van der Waals surface area (Å²) >= 11 is 1.37. The quantitative estimate of drug-likeness (QED) is 0.723. The first-order valence-electron chi connectivity index (χ1n) is 7.58. The molecule has 0 bridgehead atoms. The molecule has 1 amide bonds. The number of amides is 1. The summed E-state index contributed by atoms with van der Waals surface area (Å²) < 4.78 is 1.92. The molecule has 0 aliphatic rings. The first-order chi connectivity index (χ1) is 11.6. The Balaban J connectivity index is 1.67. The van der Waals surface area contributed by atoms with Crippen LogP contribution in [0.3, 0.4) is 0 Å². The third-order valence-electron chi connectivity index (χ3n) is 3.61. The SMILES string of the molecule is Cc1ccccc1-c1nnc(SCC(=O)Nc2ccccc2)n1C. The Morgan fingerprint density at radius 1 is 1.08 bits per heavy atom. The van der Waals surface area contributed by atoms with Gasteiger partial charge in [-0.15, -0.1) is 10.2 Å². The molecule has 1 aromatic heterocycles. The fourth-order valence-electron chi connectivity index (χ4n) is 2.35. The van der Waals surface area contributed by atoms with Crippen LogP contribution in [0.2, 0.25) is 0 Å². The van der Waals surface area contributed by atoms with E-state index in [2.05, 4.69) is 15.5 Å². The predicted octanol–water partition coefficient (Wildman–Crippen LogP) is 3.52. The number of carbonyl (C=O) groups excluding carboxylic acids is 1. The van der Waals surface area contributed by atoms with Crippen LogP contribution in [0.25, 0.3) is 11.4 Å². The van der Waals surface area contributed by atoms with Crippen LogP contribution in [0.5, 0.6) is 0 Å². The van der Waals surface area contributed by atoms with E-state index in [-0.39, 0.29) is 11.7 Å². The summed E-state index contributed by atoms with van der Waals surface area (Å²) in [6.07, 6.45) is 0. The molecule has 0 unspecified atom stereocenters. The van der Waals surface area contributed by atoms with Crippen molar-refractivity contribution < 1.29 is 4.79 Å². The lowest BCUT2D eigenvalue weighted by Crippen LogP contribution is -2.14. The molecular formula is C18H18N4OS. The molecule has 0 spiro atoms. The summed E-state index contributed by atoms with van der Waals surface area (Å²) in [7, 11) is 1.92.